The molecule has 2 fully saturated rings. The van der Waals surface area contributed by atoms with Gasteiger partial charge in [0.15, 0.2) is 11.6 Å². The minimum absolute atomic E-state index is 0. The molecule has 2 atom stereocenters. The van der Waals surface area contributed by atoms with Crippen LogP contribution in [0.5, 0.6) is 0 Å². The molecule has 8 nitrogen and oxygen atoms in total. The van der Waals surface area contributed by atoms with Crippen LogP contribution in [0.4, 0.5) is 0 Å². The Kier molecular flexibility index (Phi) is 8.91. The van der Waals surface area contributed by atoms with E-state index in [1.165, 1.54) is 0 Å². The third-order valence-corrected chi connectivity index (χ3v) is 5.87. The van der Waals surface area contributed by atoms with Gasteiger partial charge in [-0.05, 0) is 57.6 Å². The summed E-state index contributed by atoms with van der Waals surface area (Å²) in [5, 5.41) is 18.6. The van der Waals surface area contributed by atoms with E-state index in [1.54, 1.807) is 0 Å². The zero-order valence-corrected chi connectivity index (χ0v) is 20.5. The smallest absolute Gasteiger partial charge is 0.223 e. The Morgan fingerprint density at radius 1 is 1.16 bits per heavy atom. The fraction of sp³-hybridized carbons (Fsp3) is 0.636. The fourth-order valence-corrected chi connectivity index (χ4v) is 4.11. The lowest BCUT2D eigenvalue weighted by Crippen LogP contribution is -2.47. The lowest BCUT2D eigenvalue weighted by Gasteiger charge is -2.30. The second kappa shape index (κ2) is 11.6. The molecule has 170 valence electrons. The molecule has 2 aliphatic carbocycles. The van der Waals surface area contributed by atoms with Crippen LogP contribution in [0.15, 0.2) is 29.4 Å². The van der Waals surface area contributed by atoms with E-state index < -0.39 is 0 Å². The van der Waals surface area contributed by atoms with Crippen LogP contribution in [-0.4, -0.2) is 51.6 Å². The summed E-state index contributed by atoms with van der Waals surface area (Å²) in [4.78, 5) is 17.2. The van der Waals surface area contributed by atoms with Gasteiger partial charge in [0.1, 0.15) is 5.82 Å². The number of hydrogen-bond donors (Lipinski definition) is 3. The van der Waals surface area contributed by atoms with Crippen LogP contribution in [-0.2, 0) is 11.2 Å². The largest absolute Gasteiger partial charge is 0.357 e. The minimum atomic E-state index is 0. The SMILES string of the molecule is CCNC(=NCCCc1nnc2ccccn12)NC1CCCC(C(=O)NC2CC2)C1.I. The van der Waals surface area contributed by atoms with Gasteiger partial charge in [-0.25, -0.2) is 0 Å². The second-order valence-electron chi connectivity index (χ2n) is 8.40. The van der Waals surface area contributed by atoms with E-state index in [-0.39, 0.29) is 35.8 Å². The van der Waals surface area contributed by atoms with Gasteiger partial charge in [-0.1, -0.05) is 12.5 Å². The Bertz CT molecular complexity index is 880. The molecule has 3 N–H and O–H groups in total. The first-order chi connectivity index (χ1) is 14.7. The van der Waals surface area contributed by atoms with Crippen molar-refractivity contribution in [2.24, 2.45) is 10.9 Å². The number of aromatic nitrogens is 3. The summed E-state index contributed by atoms with van der Waals surface area (Å²) in [7, 11) is 0. The van der Waals surface area contributed by atoms with Crippen molar-refractivity contribution in [3.05, 3.63) is 30.2 Å². The number of nitrogens with zero attached hydrogens (tertiary/aromatic N) is 4. The van der Waals surface area contributed by atoms with Crippen LogP contribution in [0, 0.1) is 5.92 Å². The summed E-state index contributed by atoms with van der Waals surface area (Å²) < 4.78 is 2.03. The zero-order valence-electron chi connectivity index (χ0n) is 18.2. The Morgan fingerprint density at radius 2 is 2.03 bits per heavy atom. The van der Waals surface area contributed by atoms with E-state index in [0.717, 1.165) is 81.9 Å². The van der Waals surface area contributed by atoms with Crippen molar-refractivity contribution < 1.29 is 4.79 Å². The molecule has 2 aromatic heterocycles. The van der Waals surface area contributed by atoms with Gasteiger partial charge in [0.25, 0.3) is 0 Å². The van der Waals surface area contributed by atoms with E-state index in [9.17, 15) is 4.79 Å². The number of guanidine groups is 1. The molecule has 0 spiro atoms. The van der Waals surface area contributed by atoms with E-state index in [1.807, 2.05) is 28.8 Å². The summed E-state index contributed by atoms with van der Waals surface area (Å²) >= 11 is 0. The molecule has 0 aliphatic heterocycles. The number of aryl methyl sites for hydroxylation is 1. The molecule has 2 unspecified atom stereocenters. The highest BCUT2D eigenvalue weighted by Gasteiger charge is 2.31. The van der Waals surface area contributed by atoms with Crippen molar-refractivity contribution in [2.75, 3.05) is 13.1 Å². The van der Waals surface area contributed by atoms with E-state index in [4.69, 9.17) is 4.99 Å². The lowest BCUT2D eigenvalue weighted by molar-refractivity contribution is -0.126. The van der Waals surface area contributed by atoms with E-state index in [2.05, 4.69) is 33.1 Å². The van der Waals surface area contributed by atoms with Crippen LogP contribution in [0.3, 0.4) is 0 Å². The van der Waals surface area contributed by atoms with Crippen molar-refractivity contribution in [1.82, 2.24) is 30.5 Å². The Labute approximate surface area is 201 Å². The van der Waals surface area contributed by atoms with Crippen molar-refractivity contribution in [1.29, 1.82) is 0 Å². The number of pyridine rings is 1. The van der Waals surface area contributed by atoms with Crippen molar-refractivity contribution >= 4 is 41.5 Å². The third kappa shape index (κ3) is 6.78. The number of carbonyl (C=O) groups is 1. The summed E-state index contributed by atoms with van der Waals surface area (Å²) in [6.45, 7) is 3.61. The zero-order chi connectivity index (χ0) is 20.8. The monoisotopic (exact) mass is 539 g/mol. The van der Waals surface area contributed by atoms with Gasteiger partial charge >= 0.3 is 0 Å². The number of hydrogen-bond acceptors (Lipinski definition) is 4. The predicted molar refractivity (Wildman–Crippen MR) is 133 cm³/mol. The van der Waals surface area contributed by atoms with E-state index in [0.29, 0.717) is 12.1 Å². The molecule has 0 saturated heterocycles. The molecule has 0 radical (unpaired) electrons. The van der Waals surface area contributed by atoms with Crippen LogP contribution in [0.1, 0.15) is 57.7 Å². The molecule has 2 saturated carbocycles. The number of aliphatic imine (C=N–C) groups is 1. The van der Waals surface area contributed by atoms with Crippen LogP contribution in [0.25, 0.3) is 5.65 Å². The molecule has 0 bridgehead atoms. The Balaban J connectivity index is 0.00000272. The van der Waals surface area contributed by atoms with Crippen LogP contribution < -0.4 is 16.0 Å². The molecule has 1 amide bonds. The highest BCUT2D eigenvalue weighted by atomic mass is 127. The second-order valence-corrected chi connectivity index (χ2v) is 8.40. The summed E-state index contributed by atoms with van der Waals surface area (Å²) in [5.74, 6) is 2.18. The van der Waals surface area contributed by atoms with Crippen molar-refractivity contribution in [3.8, 4) is 0 Å². The fourth-order valence-electron chi connectivity index (χ4n) is 4.11. The number of carbonyl (C=O) groups excluding carboxylic acids is 1. The minimum Gasteiger partial charge on any atom is -0.357 e. The standard InChI is InChI=1S/C22H33N7O.HI/c1-2-23-22(24-13-6-10-20-28-27-19-9-3-4-14-29(19)20)26-18-8-5-7-16(15-18)21(30)25-17-11-12-17;/h3-4,9,14,16-18H,2,5-8,10-13,15H2,1H3,(H,25,30)(H2,23,24,26);1H. The Morgan fingerprint density at radius 3 is 2.84 bits per heavy atom. The molecule has 2 aromatic rings. The van der Waals surface area contributed by atoms with Gasteiger partial charge in [-0.2, -0.15) is 0 Å². The summed E-state index contributed by atoms with van der Waals surface area (Å²) in [6, 6.07) is 6.66. The summed E-state index contributed by atoms with van der Waals surface area (Å²) in [5.41, 5.74) is 0.878. The molecular weight excluding hydrogens is 505 g/mol. The quantitative estimate of drug-likeness (QED) is 0.208. The predicted octanol–water partition coefficient (Wildman–Crippen LogP) is 2.67. The molecule has 4 rings (SSSR count). The van der Waals surface area contributed by atoms with Gasteiger partial charge in [0.05, 0.1) is 0 Å². The maximum Gasteiger partial charge on any atom is 0.223 e. The topological polar surface area (TPSA) is 95.7 Å². The maximum absolute atomic E-state index is 12.4. The van der Waals surface area contributed by atoms with Gasteiger partial charge in [-0.3, -0.25) is 14.2 Å². The van der Waals surface area contributed by atoms with E-state index >= 15 is 0 Å². The van der Waals surface area contributed by atoms with Crippen LogP contribution in [0.2, 0.25) is 0 Å². The number of rotatable bonds is 8. The number of halogens is 1. The first-order valence-corrected chi connectivity index (χ1v) is 11.4. The number of fused-ring (bicyclic) bond motifs is 1. The molecule has 31 heavy (non-hydrogen) atoms. The van der Waals surface area contributed by atoms with Gasteiger partial charge in [-0.15, -0.1) is 34.2 Å². The highest BCUT2D eigenvalue weighted by Crippen LogP contribution is 2.26. The van der Waals surface area contributed by atoms with Gasteiger partial charge in [0.2, 0.25) is 5.91 Å². The maximum atomic E-state index is 12.4. The lowest BCUT2D eigenvalue weighted by atomic mass is 9.85. The molecule has 0 aromatic carbocycles. The Hall–Kier alpha value is -1.91. The van der Waals surface area contributed by atoms with Crippen molar-refractivity contribution in [2.45, 2.75) is 70.4 Å². The normalized spacial score (nSPS) is 21.4. The summed E-state index contributed by atoms with van der Waals surface area (Å²) in [6.07, 6.45) is 10.1. The number of nitrogens with one attached hydrogen (secondary N) is 3. The third-order valence-electron chi connectivity index (χ3n) is 5.87. The molecule has 2 heterocycles. The number of amides is 1. The first-order valence-electron chi connectivity index (χ1n) is 11.4. The van der Waals surface area contributed by atoms with Gasteiger partial charge in [0, 0.05) is 43.7 Å². The molecular formula is C22H34IN7O. The average molecular weight is 539 g/mol. The van der Waals surface area contributed by atoms with Crippen LogP contribution >= 0.6 is 24.0 Å². The highest BCUT2D eigenvalue weighted by molar-refractivity contribution is 14.0. The van der Waals surface area contributed by atoms with Gasteiger partial charge < -0.3 is 16.0 Å². The van der Waals surface area contributed by atoms with Crippen molar-refractivity contribution in [3.63, 3.8) is 0 Å². The average Bonchev–Trinajstić information content (AvgIpc) is 3.48. The first kappa shape index (κ1) is 23.7. The molecule has 2 aliphatic rings. The molecule has 9 heteroatoms.